The first kappa shape index (κ1) is 11.3. The molecule has 0 aromatic heterocycles. The predicted octanol–water partition coefficient (Wildman–Crippen LogP) is 3.38. The Bertz CT molecular complexity index is 357. The van der Waals surface area contributed by atoms with Gasteiger partial charge in [-0.1, -0.05) is 30.3 Å². The number of nitrogens with two attached hydrogens (primary N) is 1. The Hall–Kier alpha value is -0.820. The molecule has 1 aromatic carbocycles. The normalized spacial score (nSPS) is 35.4. The quantitative estimate of drug-likeness (QED) is 0.841. The molecule has 2 aliphatic carbocycles. The second-order valence-electron chi connectivity index (χ2n) is 5.95. The Morgan fingerprint density at radius 3 is 2.53 bits per heavy atom. The van der Waals surface area contributed by atoms with Crippen molar-refractivity contribution in [2.45, 2.75) is 44.6 Å². The third-order valence-electron chi connectivity index (χ3n) is 5.00. The molecule has 0 unspecified atom stereocenters. The zero-order valence-electron chi connectivity index (χ0n) is 10.5. The molecule has 1 nitrogen and oxygen atoms in total. The van der Waals surface area contributed by atoms with E-state index in [2.05, 4.69) is 30.3 Å². The van der Waals surface area contributed by atoms with Crippen molar-refractivity contribution >= 4 is 0 Å². The summed E-state index contributed by atoms with van der Waals surface area (Å²) in [4.78, 5) is 0. The van der Waals surface area contributed by atoms with Gasteiger partial charge in [-0.15, -0.1) is 0 Å². The Morgan fingerprint density at radius 1 is 1.06 bits per heavy atom. The van der Waals surface area contributed by atoms with E-state index in [1.165, 1.54) is 44.1 Å². The fourth-order valence-electron chi connectivity index (χ4n) is 4.07. The number of fused-ring (bicyclic) bond motifs is 2. The van der Waals surface area contributed by atoms with Gasteiger partial charge in [0, 0.05) is 6.04 Å². The lowest BCUT2D eigenvalue weighted by atomic mass is 9.81. The van der Waals surface area contributed by atoms with E-state index in [0.29, 0.717) is 6.04 Å². The Labute approximate surface area is 104 Å². The van der Waals surface area contributed by atoms with E-state index in [-0.39, 0.29) is 0 Å². The summed E-state index contributed by atoms with van der Waals surface area (Å²) in [6.07, 6.45) is 8.16. The molecule has 2 aliphatic rings. The smallest absolute Gasteiger partial charge is 0.00983 e. The molecular weight excluding hydrogens is 206 g/mol. The maximum Gasteiger partial charge on any atom is 0.00983 e. The van der Waals surface area contributed by atoms with Gasteiger partial charge in [0.25, 0.3) is 0 Å². The first-order chi connectivity index (χ1) is 8.34. The van der Waals surface area contributed by atoms with Crippen molar-refractivity contribution in [3.8, 4) is 0 Å². The van der Waals surface area contributed by atoms with E-state index < -0.39 is 0 Å². The molecule has 0 saturated heterocycles. The molecule has 2 fully saturated rings. The minimum absolute atomic E-state index is 0.518. The zero-order valence-corrected chi connectivity index (χ0v) is 10.5. The van der Waals surface area contributed by atoms with Gasteiger partial charge >= 0.3 is 0 Å². The average Bonchev–Trinajstić information content (AvgIpc) is 2.94. The molecule has 0 amide bonds. The fourth-order valence-corrected chi connectivity index (χ4v) is 4.07. The van der Waals surface area contributed by atoms with Crippen LogP contribution in [0.5, 0.6) is 0 Å². The highest BCUT2D eigenvalue weighted by Gasteiger charge is 2.44. The standard InChI is InChI=1S/C16H23N/c17-16-14-10-9-13(11-14)15(16)8-4-7-12-5-2-1-3-6-12/h1-3,5-6,13-16H,4,7-11,17H2/t13-,14+,15+,16-/m0/s1. The molecule has 92 valence electrons. The van der Waals surface area contributed by atoms with E-state index in [4.69, 9.17) is 5.73 Å². The monoisotopic (exact) mass is 229 g/mol. The van der Waals surface area contributed by atoms with Gasteiger partial charge in [-0.3, -0.25) is 0 Å². The molecule has 1 heteroatoms. The summed E-state index contributed by atoms with van der Waals surface area (Å²) in [6.45, 7) is 0. The summed E-state index contributed by atoms with van der Waals surface area (Å²) in [5, 5.41) is 0. The van der Waals surface area contributed by atoms with E-state index in [1.54, 1.807) is 0 Å². The first-order valence-electron chi connectivity index (χ1n) is 7.14. The van der Waals surface area contributed by atoms with Gasteiger partial charge in [0.2, 0.25) is 0 Å². The number of rotatable bonds is 4. The minimum atomic E-state index is 0.518. The highest BCUT2D eigenvalue weighted by atomic mass is 14.7. The van der Waals surface area contributed by atoms with E-state index in [0.717, 1.165) is 17.8 Å². The van der Waals surface area contributed by atoms with Gasteiger partial charge in [-0.05, 0) is 61.8 Å². The van der Waals surface area contributed by atoms with Crippen molar-refractivity contribution in [2.75, 3.05) is 0 Å². The lowest BCUT2D eigenvalue weighted by molar-refractivity contribution is 0.268. The van der Waals surface area contributed by atoms with Crippen molar-refractivity contribution in [2.24, 2.45) is 23.5 Å². The zero-order chi connectivity index (χ0) is 11.7. The second kappa shape index (κ2) is 4.81. The van der Waals surface area contributed by atoms with Crippen LogP contribution in [-0.2, 0) is 6.42 Å². The van der Waals surface area contributed by atoms with Crippen LogP contribution in [0.3, 0.4) is 0 Å². The molecule has 2 bridgehead atoms. The number of aryl methyl sites for hydroxylation is 1. The Balaban J connectivity index is 1.49. The number of benzene rings is 1. The maximum absolute atomic E-state index is 6.34. The topological polar surface area (TPSA) is 26.0 Å². The van der Waals surface area contributed by atoms with Gasteiger partial charge in [-0.25, -0.2) is 0 Å². The van der Waals surface area contributed by atoms with Gasteiger partial charge in [0.1, 0.15) is 0 Å². The number of hydrogen-bond acceptors (Lipinski definition) is 1. The van der Waals surface area contributed by atoms with Crippen LogP contribution in [0.15, 0.2) is 30.3 Å². The van der Waals surface area contributed by atoms with Crippen LogP contribution < -0.4 is 5.73 Å². The summed E-state index contributed by atoms with van der Waals surface area (Å²) >= 11 is 0. The molecule has 2 saturated carbocycles. The molecular formula is C16H23N. The molecule has 3 rings (SSSR count). The summed E-state index contributed by atoms with van der Waals surface area (Å²) in [5.74, 6) is 2.66. The van der Waals surface area contributed by atoms with Crippen LogP contribution in [0.2, 0.25) is 0 Å². The van der Waals surface area contributed by atoms with Crippen molar-refractivity contribution in [1.29, 1.82) is 0 Å². The second-order valence-corrected chi connectivity index (χ2v) is 5.95. The van der Waals surface area contributed by atoms with E-state index in [1.807, 2.05) is 0 Å². The molecule has 4 atom stereocenters. The van der Waals surface area contributed by atoms with Crippen LogP contribution in [0.25, 0.3) is 0 Å². The maximum atomic E-state index is 6.34. The molecule has 1 aromatic rings. The van der Waals surface area contributed by atoms with Crippen LogP contribution in [0.4, 0.5) is 0 Å². The Kier molecular flexibility index (Phi) is 3.19. The van der Waals surface area contributed by atoms with Gasteiger partial charge in [0.15, 0.2) is 0 Å². The predicted molar refractivity (Wildman–Crippen MR) is 71.7 cm³/mol. The molecule has 0 spiro atoms. The van der Waals surface area contributed by atoms with Crippen molar-refractivity contribution in [3.63, 3.8) is 0 Å². The minimum Gasteiger partial charge on any atom is -0.327 e. The summed E-state index contributed by atoms with van der Waals surface area (Å²) in [6, 6.07) is 11.4. The lowest BCUT2D eigenvalue weighted by Crippen LogP contribution is -2.35. The average molecular weight is 229 g/mol. The molecule has 2 N–H and O–H groups in total. The Morgan fingerprint density at radius 2 is 1.82 bits per heavy atom. The van der Waals surface area contributed by atoms with E-state index >= 15 is 0 Å². The van der Waals surface area contributed by atoms with Crippen molar-refractivity contribution in [1.82, 2.24) is 0 Å². The largest absolute Gasteiger partial charge is 0.327 e. The summed E-state index contributed by atoms with van der Waals surface area (Å²) in [5.41, 5.74) is 7.82. The highest BCUT2D eigenvalue weighted by molar-refractivity contribution is 5.14. The van der Waals surface area contributed by atoms with Crippen LogP contribution in [-0.4, -0.2) is 6.04 Å². The van der Waals surface area contributed by atoms with Crippen LogP contribution in [0, 0.1) is 17.8 Å². The third-order valence-corrected chi connectivity index (χ3v) is 5.00. The van der Waals surface area contributed by atoms with Crippen molar-refractivity contribution < 1.29 is 0 Å². The molecule has 0 radical (unpaired) electrons. The lowest BCUT2D eigenvalue weighted by Gasteiger charge is -2.28. The summed E-state index contributed by atoms with van der Waals surface area (Å²) in [7, 11) is 0. The van der Waals surface area contributed by atoms with Gasteiger partial charge in [0.05, 0.1) is 0 Å². The highest BCUT2D eigenvalue weighted by Crippen LogP contribution is 2.49. The molecule has 0 heterocycles. The third kappa shape index (κ3) is 2.26. The van der Waals surface area contributed by atoms with E-state index in [9.17, 15) is 0 Å². The molecule has 17 heavy (non-hydrogen) atoms. The molecule has 0 aliphatic heterocycles. The number of hydrogen-bond donors (Lipinski definition) is 1. The van der Waals surface area contributed by atoms with Gasteiger partial charge < -0.3 is 5.73 Å². The van der Waals surface area contributed by atoms with Crippen LogP contribution >= 0.6 is 0 Å². The first-order valence-corrected chi connectivity index (χ1v) is 7.14. The fraction of sp³-hybridized carbons (Fsp3) is 0.625. The summed E-state index contributed by atoms with van der Waals surface area (Å²) < 4.78 is 0. The SMILES string of the molecule is N[C@H]1[C@@H]2CC[C@@H](C2)[C@H]1CCCc1ccccc1. The van der Waals surface area contributed by atoms with Crippen LogP contribution in [0.1, 0.15) is 37.7 Å². The van der Waals surface area contributed by atoms with Crippen molar-refractivity contribution in [3.05, 3.63) is 35.9 Å². The van der Waals surface area contributed by atoms with Gasteiger partial charge in [-0.2, -0.15) is 0 Å².